The molecular weight excluding hydrogens is 236 g/mol. The fraction of sp³-hybridized carbons (Fsp3) is 0.308. The average Bonchev–Trinajstić information content (AvgIpc) is 2.81. The first-order chi connectivity index (χ1) is 8.63. The Bertz CT molecular complexity index is 545. The molecule has 2 N–H and O–H groups in total. The lowest BCUT2D eigenvalue weighted by atomic mass is 10.0. The Labute approximate surface area is 104 Å². The van der Waals surface area contributed by atoms with E-state index in [9.17, 15) is 15.0 Å². The van der Waals surface area contributed by atoms with Gasteiger partial charge in [0.1, 0.15) is 11.7 Å². The summed E-state index contributed by atoms with van der Waals surface area (Å²) in [5.41, 5.74) is 1.08. The van der Waals surface area contributed by atoms with Gasteiger partial charge in [-0.05, 0) is 6.07 Å². The zero-order valence-corrected chi connectivity index (χ0v) is 9.87. The van der Waals surface area contributed by atoms with Crippen molar-refractivity contribution in [3.63, 3.8) is 0 Å². The number of aliphatic hydroxyl groups excluding tert-OH is 2. The molecule has 0 saturated carbocycles. The van der Waals surface area contributed by atoms with Crippen molar-refractivity contribution >= 4 is 16.9 Å². The molecule has 2 aromatic rings. The number of hydrogen-bond donors (Lipinski definition) is 2. The van der Waals surface area contributed by atoms with Crippen LogP contribution in [-0.4, -0.2) is 29.4 Å². The third-order valence-electron chi connectivity index (χ3n) is 2.80. The maximum atomic E-state index is 11.0. The number of ether oxygens (including phenoxy) is 1. The van der Waals surface area contributed by atoms with Gasteiger partial charge in [0.15, 0.2) is 0 Å². The Morgan fingerprint density at radius 2 is 2.11 bits per heavy atom. The van der Waals surface area contributed by atoms with Crippen LogP contribution >= 0.6 is 0 Å². The van der Waals surface area contributed by atoms with Crippen LogP contribution in [-0.2, 0) is 9.53 Å². The number of methoxy groups -OCH3 is 1. The van der Waals surface area contributed by atoms with Crippen molar-refractivity contribution < 1.29 is 24.2 Å². The molecule has 0 aliphatic carbocycles. The Morgan fingerprint density at radius 1 is 1.39 bits per heavy atom. The lowest BCUT2D eigenvalue weighted by Crippen LogP contribution is -2.22. The van der Waals surface area contributed by atoms with Crippen molar-refractivity contribution in [2.75, 3.05) is 7.11 Å². The third kappa shape index (κ3) is 2.37. The summed E-state index contributed by atoms with van der Waals surface area (Å²) in [6.45, 7) is 0. The SMILES string of the molecule is COC(=O)CC(O)C(O)c1coc2ccccc12. The molecule has 1 aromatic carbocycles. The first-order valence-electron chi connectivity index (χ1n) is 5.52. The topological polar surface area (TPSA) is 79.9 Å². The molecule has 0 aliphatic rings. The Kier molecular flexibility index (Phi) is 3.64. The molecule has 5 heteroatoms. The quantitative estimate of drug-likeness (QED) is 0.801. The Balaban J connectivity index is 2.22. The Hall–Kier alpha value is -1.85. The maximum Gasteiger partial charge on any atom is 0.308 e. The van der Waals surface area contributed by atoms with E-state index in [0.717, 1.165) is 0 Å². The predicted octanol–water partition coefficient (Wildman–Crippen LogP) is 1.39. The lowest BCUT2D eigenvalue weighted by molar-refractivity contribution is -0.144. The van der Waals surface area contributed by atoms with Gasteiger partial charge >= 0.3 is 5.97 Å². The fourth-order valence-corrected chi connectivity index (χ4v) is 1.80. The molecular formula is C13H14O5. The average molecular weight is 250 g/mol. The number of aliphatic hydroxyl groups is 2. The zero-order valence-electron chi connectivity index (χ0n) is 9.87. The number of rotatable bonds is 4. The molecule has 0 spiro atoms. The number of fused-ring (bicyclic) bond motifs is 1. The molecule has 96 valence electrons. The van der Waals surface area contributed by atoms with Crippen molar-refractivity contribution in [3.8, 4) is 0 Å². The molecule has 0 radical (unpaired) electrons. The summed E-state index contributed by atoms with van der Waals surface area (Å²) in [6, 6.07) is 7.16. The first kappa shape index (κ1) is 12.6. The smallest absolute Gasteiger partial charge is 0.308 e. The predicted molar refractivity (Wildman–Crippen MR) is 63.8 cm³/mol. The highest BCUT2D eigenvalue weighted by atomic mass is 16.5. The minimum atomic E-state index is -1.22. The van der Waals surface area contributed by atoms with Gasteiger partial charge in [0, 0.05) is 10.9 Å². The van der Waals surface area contributed by atoms with Crippen molar-refractivity contribution in [2.45, 2.75) is 18.6 Å². The van der Waals surface area contributed by atoms with Crippen LogP contribution in [0.3, 0.4) is 0 Å². The van der Waals surface area contributed by atoms with Crippen LogP contribution in [0.4, 0.5) is 0 Å². The molecule has 2 unspecified atom stereocenters. The number of furan rings is 1. The van der Waals surface area contributed by atoms with Crippen molar-refractivity contribution in [1.82, 2.24) is 0 Å². The van der Waals surface area contributed by atoms with Gasteiger partial charge in [-0.2, -0.15) is 0 Å². The van der Waals surface area contributed by atoms with E-state index in [2.05, 4.69) is 4.74 Å². The van der Waals surface area contributed by atoms with E-state index in [1.54, 1.807) is 18.2 Å². The van der Waals surface area contributed by atoms with Gasteiger partial charge in [0.05, 0.1) is 25.9 Å². The van der Waals surface area contributed by atoms with Gasteiger partial charge in [-0.25, -0.2) is 0 Å². The molecule has 1 heterocycles. The molecule has 2 rings (SSSR count). The van der Waals surface area contributed by atoms with E-state index in [1.165, 1.54) is 13.4 Å². The van der Waals surface area contributed by atoms with Crippen LogP contribution in [0.5, 0.6) is 0 Å². The van der Waals surface area contributed by atoms with Crippen LogP contribution in [0.1, 0.15) is 18.1 Å². The zero-order chi connectivity index (χ0) is 13.1. The summed E-state index contributed by atoms with van der Waals surface area (Å²) in [4.78, 5) is 11.0. The number of carbonyl (C=O) groups excluding carboxylic acids is 1. The highest BCUT2D eigenvalue weighted by Gasteiger charge is 2.24. The summed E-state index contributed by atoms with van der Waals surface area (Å²) in [5, 5.41) is 20.5. The molecule has 0 fully saturated rings. The number of benzene rings is 1. The standard InChI is InChI=1S/C13H14O5/c1-17-12(15)6-10(14)13(16)9-7-18-11-5-3-2-4-8(9)11/h2-5,7,10,13-14,16H,6H2,1H3. The van der Waals surface area contributed by atoms with Gasteiger partial charge < -0.3 is 19.4 Å². The molecule has 0 amide bonds. The summed E-state index contributed by atoms with van der Waals surface area (Å²) in [6.07, 6.45) is -1.29. The van der Waals surface area contributed by atoms with E-state index in [1.807, 2.05) is 6.07 Å². The molecule has 18 heavy (non-hydrogen) atoms. The van der Waals surface area contributed by atoms with Crippen LogP contribution in [0.2, 0.25) is 0 Å². The molecule has 2 atom stereocenters. The monoisotopic (exact) mass is 250 g/mol. The maximum absolute atomic E-state index is 11.0. The first-order valence-corrected chi connectivity index (χ1v) is 5.52. The Morgan fingerprint density at radius 3 is 2.83 bits per heavy atom. The summed E-state index contributed by atoms with van der Waals surface area (Å²) in [7, 11) is 1.23. The number of hydrogen-bond acceptors (Lipinski definition) is 5. The second-order valence-electron chi connectivity index (χ2n) is 3.98. The summed E-state index contributed by atoms with van der Waals surface area (Å²) < 4.78 is 9.71. The molecule has 5 nitrogen and oxygen atoms in total. The van der Waals surface area contributed by atoms with Crippen molar-refractivity contribution in [2.24, 2.45) is 0 Å². The van der Waals surface area contributed by atoms with Gasteiger partial charge in [-0.3, -0.25) is 4.79 Å². The van der Waals surface area contributed by atoms with E-state index in [-0.39, 0.29) is 6.42 Å². The molecule has 1 aromatic heterocycles. The van der Waals surface area contributed by atoms with Gasteiger partial charge in [0.25, 0.3) is 0 Å². The number of para-hydroxylation sites is 1. The second kappa shape index (κ2) is 5.20. The second-order valence-corrected chi connectivity index (χ2v) is 3.98. The number of esters is 1. The third-order valence-corrected chi connectivity index (χ3v) is 2.80. The van der Waals surface area contributed by atoms with Crippen LogP contribution < -0.4 is 0 Å². The fourth-order valence-electron chi connectivity index (χ4n) is 1.80. The highest BCUT2D eigenvalue weighted by Crippen LogP contribution is 2.29. The highest BCUT2D eigenvalue weighted by molar-refractivity contribution is 5.81. The van der Waals surface area contributed by atoms with Crippen LogP contribution in [0.15, 0.2) is 34.9 Å². The normalized spacial score (nSPS) is 14.4. The molecule has 0 saturated heterocycles. The van der Waals surface area contributed by atoms with Gasteiger partial charge in [-0.1, -0.05) is 18.2 Å². The lowest BCUT2D eigenvalue weighted by Gasteiger charge is -2.15. The van der Waals surface area contributed by atoms with Gasteiger partial charge in [0.2, 0.25) is 0 Å². The van der Waals surface area contributed by atoms with E-state index < -0.39 is 18.2 Å². The largest absolute Gasteiger partial charge is 0.469 e. The minimum Gasteiger partial charge on any atom is -0.469 e. The summed E-state index contributed by atoms with van der Waals surface area (Å²) >= 11 is 0. The van der Waals surface area contributed by atoms with Gasteiger partial charge in [-0.15, -0.1) is 0 Å². The van der Waals surface area contributed by atoms with E-state index in [0.29, 0.717) is 16.5 Å². The van der Waals surface area contributed by atoms with E-state index >= 15 is 0 Å². The van der Waals surface area contributed by atoms with Crippen molar-refractivity contribution in [3.05, 3.63) is 36.1 Å². The van der Waals surface area contributed by atoms with Crippen LogP contribution in [0.25, 0.3) is 11.0 Å². The van der Waals surface area contributed by atoms with Crippen LogP contribution in [0, 0.1) is 0 Å². The summed E-state index contributed by atoms with van der Waals surface area (Å²) in [5.74, 6) is -0.575. The molecule has 0 bridgehead atoms. The van der Waals surface area contributed by atoms with Crippen molar-refractivity contribution in [1.29, 1.82) is 0 Å². The number of carbonyl (C=O) groups is 1. The molecule has 0 aliphatic heterocycles. The van der Waals surface area contributed by atoms with E-state index in [4.69, 9.17) is 4.42 Å². The minimum absolute atomic E-state index is 0.267.